The average molecular weight is 220 g/mol. The summed E-state index contributed by atoms with van der Waals surface area (Å²) in [6.07, 6.45) is 4.48. The molecular weight excluding hydrogens is 212 g/mol. The molecule has 0 aliphatic carbocycles. The predicted molar refractivity (Wildman–Crippen MR) is 56.3 cm³/mol. The van der Waals surface area contributed by atoms with E-state index in [4.69, 9.17) is 4.74 Å². The summed E-state index contributed by atoms with van der Waals surface area (Å²) in [5, 5.41) is 1.78. The SMILES string of the molecule is COc1csc(C(=O)c2cnccn2)c1. The van der Waals surface area contributed by atoms with Crippen LogP contribution in [0.5, 0.6) is 5.75 Å². The Morgan fingerprint density at radius 1 is 1.47 bits per heavy atom. The smallest absolute Gasteiger partial charge is 0.222 e. The summed E-state index contributed by atoms with van der Waals surface area (Å²) in [6, 6.07) is 1.70. The molecule has 0 saturated heterocycles. The van der Waals surface area contributed by atoms with E-state index in [0.717, 1.165) is 0 Å². The molecule has 0 atom stereocenters. The van der Waals surface area contributed by atoms with Gasteiger partial charge in [-0.05, 0) is 0 Å². The Labute approximate surface area is 90.6 Å². The number of ketones is 1. The van der Waals surface area contributed by atoms with Crippen LogP contribution in [0.3, 0.4) is 0 Å². The van der Waals surface area contributed by atoms with Gasteiger partial charge in [0.05, 0.1) is 18.2 Å². The molecule has 2 aromatic heterocycles. The summed E-state index contributed by atoms with van der Waals surface area (Å²) in [4.78, 5) is 20.2. The van der Waals surface area contributed by atoms with Crippen molar-refractivity contribution in [2.45, 2.75) is 0 Å². The van der Waals surface area contributed by atoms with Gasteiger partial charge < -0.3 is 4.74 Å². The van der Waals surface area contributed by atoms with Crippen LogP contribution in [0.25, 0.3) is 0 Å². The van der Waals surface area contributed by atoms with E-state index in [1.54, 1.807) is 18.6 Å². The predicted octanol–water partition coefficient (Wildman–Crippen LogP) is 1.78. The number of carbonyl (C=O) groups excluding carboxylic acids is 1. The van der Waals surface area contributed by atoms with Crippen LogP contribution in [0.2, 0.25) is 0 Å². The minimum atomic E-state index is -0.128. The molecule has 0 amide bonds. The first-order valence-corrected chi connectivity index (χ1v) is 5.12. The zero-order valence-corrected chi connectivity index (χ0v) is 8.82. The van der Waals surface area contributed by atoms with E-state index in [2.05, 4.69) is 9.97 Å². The maximum Gasteiger partial charge on any atom is 0.222 e. The number of ether oxygens (including phenoxy) is 1. The fraction of sp³-hybridized carbons (Fsp3) is 0.100. The number of carbonyl (C=O) groups is 1. The van der Waals surface area contributed by atoms with Crippen molar-refractivity contribution >= 4 is 17.1 Å². The Morgan fingerprint density at radius 2 is 2.33 bits per heavy atom. The monoisotopic (exact) mass is 220 g/mol. The van der Waals surface area contributed by atoms with Crippen molar-refractivity contribution in [3.8, 4) is 5.75 Å². The minimum absolute atomic E-state index is 0.128. The van der Waals surface area contributed by atoms with Gasteiger partial charge in [-0.25, -0.2) is 4.98 Å². The van der Waals surface area contributed by atoms with Gasteiger partial charge >= 0.3 is 0 Å². The molecule has 4 nitrogen and oxygen atoms in total. The molecule has 0 fully saturated rings. The molecule has 2 rings (SSSR count). The Kier molecular flexibility index (Phi) is 2.73. The van der Waals surface area contributed by atoms with E-state index in [1.165, 1.54) is 29.9 Å². The second-order valence-corrected chi connectivity index (χ2v) is 3.68. The van der Waals surface area contributed by atoms with Crippen molar-refractivity contribution in [2.75, 3.05) is 7.11 Å². The van der Waals surface area contributed by atoms with Crippen LogP contribution in [0, 0.1) is 0 Å². The van der Waals surface area contributed by atoms with Crippen LogP contribution in [0.1, 0.15) is 15.4 Å². The number of nitrogens with zero attached hydrogens (tertiary/aromatic N) is 2. The number of hydrogen-bond donors (Lipinski definition) is 0. The van der Waals surface area contributed by atoms with Gasteiger partial charge in [-0.1, -0.05) is 0 Å². The molecule has 5 heteroatoms. The van der Waals surface area contributed by atoms with Gasteiger partial charge in [0.25, 0.3) is 0 Å². The summed E-state index contributed by atoms with van der Waals surface area (Å²) in [7, 11) is 1.57. The normalized spacial score (nSPS) is 9.93. The van der Waals surface area contributed by atoms with E-state index in [9.17, 15) is 4.79 Å². The van der Waals surface area contributed by atoms with Gasteiger partial charge in [0.1, 0.15) is 11.4 Å². The van der Waals surface area contributed by atoms with E-state index < -0.39 is 0 Å². The van der Waals surface area contributed by atoms with Crippen LogP contribution < -0.4 is 4.74 Å². The third kappa shape index (κ3) is 2.02. The molecular formula is C10H8N2O2S. The maximum absolute atomic E-state index is 11.8. The minimum Gasteiger partial charge on any atom is -0.496 e. The summed E-state index contributed by atoms with van der Waals surface area (Å²) in [6.45, 7) is 0. The number of hydrogen-bond acceptors (Lipinski definition) is 5. The Hall–Kier alpha value is -1.75. The molecule has 0 unspecified atom stereocenters. The zero-order chi connectivity index (χ0) is 10.7. The lowest BCUT2D eigenvalue weighted by Crippen LogP contribution is -2.01. The van der Waals surface area contributed by atoms with Crippen LogP contribution in [-0.2, 0) is 0 Å². The van der Waals surface area contributed by atoms with Crippen molar-refractivity contribution in [1.82, 2.24) is 9.97 Å². The molecule has 15 heavy (non-hydrogen) atoms. The molecule has 0 N–H and O–H groups in total. The molecule has 0 radical (unpaired) electrons. The van der Waals surface area contributed by atoms with E-state index in [-0.39, 0.29) is 5.78 Å². The fourth-order valence-electron chi connectivity index (χ4n) is 1.09. The summed E-state index contributed by atoms with van der Waals surface area (Å²) in [5.74, 6) is 0.559. The molecule has 0 bridgehead atoms. The number of rotatable bonds is 3. The van der Waals surface area contributed by atoms with Gasteiger partial charge in [0, 0.05) is 23.8 Å². The van der Waals surface area contributed by atoms with Gasteiger partial charge in [-0.15, -0.1) is 11.3 Å². The van der Waals surface area contributed by atoms with Crippen molar-refractivity contribution in [3.05, 3.63) is 40.6 Å². The summed E-state index contributed by atoms with van der Waals surface area (Å²) >= 11 is 1.33. The molecule has 0 aromatic carbocycles. The number of aromatic nitrogens is 2. The third-order valence-corrected chi connectivity index (χ3v) is 2.74. The summed E-state index contributed by atoms with van der Waals surface area (Å²) in [5.41, 5.74) is 0.349. The highest BCUT2D eigenvalue weighted by atomic mass is 32.1. The fourth-order valence-corrected chi connectivity index (χ4v) is 1.89. The van der Waals surface area contributed by atoms with Gasteiger partial charge in [0.15, 0.2) is 0 Å². The van der Waals surface area contributed by atoms with Gasteiger partial charge in [-0.3, -0.25) is 9.78 Å². The maximum atomic E-state index is 11.8. The number of thiophene rings is 1. The zero-order valence-electron chi connectivity index (χ0n) is 8.01. The lowest BCUT2D eigenvalue weighted by molar-refractivity contribution is 0.103. The Morgan fingerprint density at radius 3 is 2.93 bits per heavy atom. The molecule has 2 aromatic rings. The second kappa shape index (κ2) is 4.18. The van der Waals surface area contributed by atoms with E-state index in [0.29, 0.717) is 16.3 Å². The Balaban J connectivity index is 2.29. The lowest BCUT2D eigenvalue weighted by Gasteiger charge is -1.94. The lowest BCUT2D eigenvalue weighted by atomic mass is 10.2. The van der Waals surface area contributed by atoms with E-state index >= 15 is 0 Å². The largest absolute Gasteiger partial charge is 0.496 e. The van der Waals surface area contributed by atoms with Crippen LogP contribution in [0.15, 0.2) is 30.0 Å². The molecule has 76 valence electrons. The third-order valence-electron chi connectivity index (χ3n) is 1.83. The number of methoxy groups -OCH3 is 1. The molecule has 0 aliphatic rings. The Bertz CT molecular complexity index is 467. The van der Waals surface area contributed by atoms with Crippen LogP contribution in [-0.4, -0.2) is 22.9 Å². The van der Waals surface area contributed by atoms with Crippen molar-refractivity contribution < 1.29 is 9.53 Å². The van der Waals surface area contributed by atoms with Crippen molar-refractivity contribution in [1.29, 1.82) is 0 Å². The highest BCUT2D eigenvalue weighted by Gasteiger charge is 2.13. The van der Waals surface area contributed by atoms with Crippen LogP contribution in [0.4, 0.5) is 0 Å². The van der Waals surface area contributed by atoms with Gasteiger partial charge in [-0.2, -0.15) is 0 Å². The van der Waals surface area contributed by atoms with Gasteiger partial charge in [0.2, 0.25) is 5.78 Å². The average Bonchev–Trinajstić information content (AvgIpc) is 2.78. The molecule has 0 saturated carbocycles. The van der Waals surface area contributed by atoms with Crippen molar-refractivity contribution in [3.63, 3.8) is 0 Å². The molecule has 0 spiro atoms. The molecule has 0 aliphatic heterocycles. The van der Waals surface area contributed by atoms with E-state index in [1.807, 2.05) is 0 Å². The second-order valence-electron chi connectivity index (χ2n) is 2.77. The first-order valence-electron chi connectivity index (χ1n) is 4.24. The first kappa shape index (κ1) is 9.79. The molecule has 2 heterocycles. The quantitative estimate of drug-likeness (QED) is 0.740. The highest BCUT2D eigenvalue weighted by molar-refractivity contribution is 7.12. The topological polar surface area (TPSA) is 52.1 Å². The first-order chi connectivity index (χ1) is 7.31. The van der Waals surface area contributed by atoms with Crippen LogP contribution >= 0.6 is 11.3 Å². The standard InChI is InChI=1S/C10H8N2O2S/c1-14-7-4-9(15-6-7)10(13)8-5-11-2-3-12-8/h2-6H,1H3. The van der Waals surface area contributed by atoms with Crippen molar-refractivity contribution in [2.24, 2.45) is 0 Å². The highest BCUT2D eigenvalue weighted by Crippen LogP contribution is 2.22. The summed E-state index contributed by atoms with van der Waals surface area (Å²) < 4.78 is 5.00.